The number of halogens is 1. The second-order valence-electron chi connectivity index (χ2n) is 3.82. The zero-order valence-corrected chi connectivity index (χ0v) is 11.6. The molecule has 0 atom stereocenters. The third-order valence-corrected chi connectivity index (χ3v) is 3.36. The second-order valence-corrected chi connectivity index (χ2v) is 5.07. The molecule has 18 heavy (non-hydrogen) atoms. The lowest BCUT2D eigenvalue weighted by molar-refractivity contribution is -0.385. The lowest BCUT2D eigenvalue weighted by atomic mass is 10.1. The number of amides is 1. The van der Waals surface area contributed by atoms with E-state index < -0.39 is 4.92 Å². The van der Waals surface area contributed by atoms with Gasteiger partial charge in [-0.1, -0.05) is 0 Å². The highest BCUT2D eigenvalue weighted by atomic mass is 127. The number of nitro benzene ring substituents is 1. The minimum Gasteiger partial charge on any atom is -0.378 e. The number of carbonyl (C=O) groups is 1. The van der Waals surface area contributed by atoms with Gasteiger partial charge in [-0.15, -0.1) is 0 Å². The first-order valence-corrected chi connectivity index (χ1v) is 6.48. The van der Waals surface area contributed by atoms with Crippen LogP contribution in [0.1, 0.15) is 10.4 Å². The van der Waals surface area contributed by atoms with Gasteiger partial charge in [-0.3, -0.25) is 14.9 Å². The molecule has 1 fully saturated rings. The molecule has 1 aromatic carbocycles. The molecule has 2 rings (SSSR count). The van der Waals surface area contributed by atoms with E-state index in [1.807, 2.05) is 22.6 Å². The summed E-state index contributed by atoms with van der Waals surface area (Å²) in [4.78, 5) is 24.2. The molecule has 0 aromatic heterocycles. The van der Waals surface area contributed by atoms with Gasteiger partial charge in [0.25, 0.3) is 11.6 Å². The average molecular weight is 362 g/mol. The highest BCUT2D eigenvalue weighted by molar-refractivity contribution is 14.1. The van der Waals surface area contributed by atoms with Gasteiger partial charge in [0.1, 0.15) is 5.56 Å². The Labute approximate surface area is 117 Å². The molecule has 1 heterocycles. The van der Waals surface area contributed by atoms with Gasteiger partial charge in [0.2, 0.25) is 0 Å². The summed E-state index contributed by atoms with van der Waals surface area (Å²) in [5, 5.41) is 11.0. The Bertz CT molecular complexity index is 486. The van der Waals surface area contributed by atoms with Crippen molar-refractivity contribution in [3.05, 3.63) is 37.4 Å². The molecule has 0 radical (unpaired) electrons. The summed E-state index contributed by atoms with van der Waals surface area (Å²) in [7, 11) is 0. The minimum atomic E-state index is -0.518. The topological polar surface area (TPSA) is 72.7 Å². The Balaban J connectivity index is 2.31. The maximum absolute atomic E-state index is 12.2. The summed E-state index contributed by atoms with van der Waals surface area (Å²) >= 11 is 1.98. The molecule has 6 nitrogen and oxygen atoms in total. The minimum absolute atomic E-state index is 0.140. The maximum atomic E-state index is 12.2. The van der Waals surface area contributed by atoms with Crippen LogP contribution in [-0.2, 0) is 4.74 Å². The summed E-state index contributed by atoms with van der Waals surface area (Å²) in [6.45, 7) is 1.90. The molecule has 0 spiro atoms. The van der Waals surface area contributed by atoms with Gasteiger partial charge in [-0.05, 0) is 34.7 Å². The maximum Gasteiger partial charge on any atom is 0.283 e. The fourth-order valence-corrected chi connectivity index (χ4v) is 2.25. The summed E-state index contributed by atoms with van der Waals surface area (Å²) in [6.07, 6.45) is 0. The van der Waals surface area contributed by atoms with Crippen molar-refractivity contribution in [3.63, 3.8) is 0 Å². The number of nitro groups is 1. The molecule has 0 N–H and O–H groups in total. The number of carbonyl (C=O) groups excluding carboxylic acids is 1. The van der Waals surface area contributed by atoms with Gasteiger partial charge in [-0.25, -0.2) is 0 Å². The largest absolute Gasteiger partial charge is 0.378 e. The fraction of sp³-hybridized carbons (Fsp3) is 0.364. The predicted octanol–water partition coefficient (Wildman–Crippen LogP) is 1.67. The molecule has 1 amide bonds. The van der Waals surface area contributed by atoms with Crippen LogP contribution in [0.4, 0.5) is 5.69 Å². The first-order chi connectivity index (χ1) is 8.59. The van der Waals surface area contributed by atoms with Gasteiger partial charge in [0.05, 0.1) is 18.1 Å². The first-order valence-electron chi connectivity index (χ1n) is 5.40. The van der Waals surface area contributed by atoms with Crippen LogP contribution in [0, 0.1) is 13.7 Å². The number of morpholine rings is 1. The SMILES string of the molecule is O=C(c1ccc(I)cc1[N+](=O)[O-])N1CCOCC1. The van der Waals surface area contributed by atoms with Crippen LogP contribution in [0.5, 0.6) is 0 Å². The van der Waals surface area contributed by atoms with Crippen molar-refractivity contribution in [2.24, 2.45) is 0 Å². The first kappa shape index (κ1) is 13.2. The van der Waals surface area contributed by atoms with Crippen LogP contribution in [0.15, 0.2) is 18.2 Å². The Morgan fingerprint density at radius 3 is 2.67 bits per heavy atom. The Morgan fingerprint density at radius 2 is 2.06 bits per heavy atom. The molecule has 1 aromatic rings. The molecule has 0 unspecified atom stereocenters. The van der Waals surface area contributed by atoms with Crippen molar-refractivity contribution < 1.29 is 14.5 Å². The van der Waals surface area contributed by atoms with E-state index in [2.05, 4.69) is 0 Å². The number of nitrogens with zero attached hydrogens (tertiary/aromatic N) is 2. The molecular formula is C11H11IN2O4. The number of hydrogen-bond acceptors (Lipinski definition) is 4. The van der Waals surface area contributed by atoms with E-state index in [1.54, 1.807) is 11.0 Å². The van der Waals surface area contributed by atoms with Gasteiger partial charge in [0.15, 0.2) is 0 Å². The van der Waals surface area contributed by atoms with E-state index in [4.69, 9.17) is 4.74 Å². The van der Waals surface area contributed by atoms with E-state index in [0.29, 0.717) is 26.3 Å². The summed E-state index contributed by atoms with van der Waals surface area (Å²) in [5.74, 6) is -0.304. The summed E-state index contributed by atoms with van der Waals surface area (Å²) in [5.41, 5.74) is 0.000655. The second kappa shape index (κ2) is 5.61. The van der Waals surface area contributed by atoms with E-state index in [9.17, 15) is 14.9 Å². The Hall–Kier alpha value is -1.22. The highest BCUT2D eigenvalue weighted by Crippen LogP contribution is 2.23. The van der Waals surface area contributed by atoms with Crippen molar-refractivity contribution in [1.29, 1.82) is 0 Å². The molecule has 0 saturated carbocycles. The van der Waals surface area contributed by atoms with Gasteiger partial charge in [-0.2, -0.15) is 0 Å². The van der Waals surface area contributed by atoms with Crippen LogP contribution in [0.3, 0.4) is 0 Å². The van der Waals surface area contributed by atoms with Crippen molar-refractivity contribution in [1.82, 2.24) is 4.90 Å². The van der Waals surface area contributed by atoms with E-state index in [1.165, 1.54) is 12.1 Å². The molecule has 1 aliphatic heterocycles. The van der Waals surface area contributed by atoms with Crippen molar-refractivity contribution >= 4 is 34.2 Å². The van der Waals surface area contributed by atoms with Crippen molar-refractivity contribution in [2.45, 2.75) is 0 Å². The van der Waals surface area contributed by atoms with Gasteiger partial charge in [0, 0.05) is 22.7 Å². The number of hydrogen-bond donors (Lipinski definition) is 0. The number of ether oxygens (including phenoxy) is 1. The molecule has 96 valence electrons. The molecule has 1 aliphatic rings. The lowest BCUT2D eigenvalue weighted by Gasteiger charge is -2.26. The number of benzene rings is 1. The third kappa shape index (κ3) is 2.78. The van der Waals surface area contributed by atoms with Crippen molar-refractivity contribution in [2.75, 3.05) is 26.3 Å². The summed E-state index contributed by atoms with van der Waals surface area (Å²) < 4.78 is 5.89. The number of rotatable bonds is 2. The van der Waals surface area contributed by atoms with E-state index in [0.717, 1.165) is 3.57 Å². The van der Waals surface area contributed by atoms with Crippen LogP contribution in [0.2, 0.25) is 0 Å². The van der Waals surface area contributed by atoms with E-state index >= 15 is 0 Å². The smallest absolute Gasteiger partial charge is 0.283 e. The molecule has 1 saturated heterocycles. The molecule has 7 heteroatoms. The highest BCUT2D eigenvalue weighted by Gasteiger charge is 2.25. The van der Waals surface area contributed by atoms with Crippen LogP contribution < -0.4 is 0 Å². The monoisotopic (exact) mass is 362 g/mol. The summed E-state index contributed by atoms with van der Waals surface area (Å²) in [6, 6.07) is 4.62. The van der Waals surface area contributed by atoms with Crippen molar-refractivity contribution in [3.8, 4) is 0 Å². The van der Waals surface area contributed by atoms with Crippen LogP contribution >= 0.6 is 22.6 Å². The Kier molecular flexibility index (Phi) is 4.12. The van der Waals surface area contributed by atoms with Gasteiger partial charge < -0.3 is 9.64 Å². The van der Waals surface area contributed by atoms with Gasteiger partial charge >= 0.3 is 0 Å². The average Bonchev–Trinajstić information content (AvgIpc) is 2.39. The predicted molar refractivity (Wildman–Crippen MR) is 72.5 cm³/mol. The zero-order valence-electron chi connectivity index (χ0n) is 9.47. The molecular weight excluding hydrogens is 351 g/mol. The fourth-order valence-electron chi connectivity index (χ4n) is 1.77. The zero-order chi connectivity index (χ0) is 13.1. The van der Waals surface area contributed by atoms with Crippen LogP contribution in [-0.4, -0.2) is 42.0 Å². The normalized spacial score (nSPS) is 15.5. The third-order valence-electron chi connectivity index (χ3n) is 2.69. The molecule has 0 aliphatic carbocycles. The standard InChI is InChI=1S/C11H11IN2O4/c12-8-1-2-9(10(7-8)14(16)17)11(15)13-3-5-18-6-4-13/h1-2,7H,3-6H2. The van der Waals surface area contributed by atoms with Crippen LogP contribution in [0.25, 0.3) is 0 Å². The quantitative estimate of drug-likeness (QED) is 0.456. The lowest BCUT2D eigenvalue weighted by Crippen LogP contribution is -2.40. The Morgan fingerprint density at radius 1 is 1.39 bits per heavy atom. The van der Waals surface area contributed by atoms with E-state index in [-0.39, 0.29) is 17.2 Å². The molecule has 0 bridgehead atoms.